The Morgan fingerprint density at radius 3 is 2.54 bits per heavy atom. The van der Waals surface area contributed by atoms with Crippen LogP contribution in [0.2, 0.25) is 0 Å². The quantitative estimate of drug-likeness (QED) is 0.319. The van der Waals surface area contributed by atoms with Gasteiger partial charge in [-0.3, -0.25) is 14.6 Å². The minimum atomic E-state index is -3.77. The van der Waals surface area contributed by atoms with Gasteiger partial charge in [-0.1, -0.05) is 26.5 Å². The van der Waals surface area contributed by atoms with E-state index in [1.807, 2.05) is 0 Å². The van der Waals surface area contributed by atoms with Crippen molar-refractivity contribution in [2.75, 3.05) is 0 Å². The second-order valence-electron chi connectivity index (χ2n) is 9.40. The lowest BCUT2D eigenvalue weighted by Gasteiger charge is -2.43. The van der Waals surface area contributed by atoms with Gasteiger partial charge in [0.2, 0.25) is 0 Å². The summed E-state index contributed by atoms with van der Waals surface area (Å²) in [4.78, 5) is 39.9. The molecule has 8 nitrogen and oxygen atoms in total. The maximum atomic E-state index is 14.0. The van der Waals surface area contributed by atoms with Crippen molar-refractivity contribution in [3.8, 4) is 0 Å². The van der Waals surface area contributed by atoms with E-state index in [-0.39, 0.29) is 30.9 Å². The van der Waals surface area contributed by atoms with Crippen LogP contribution in [0.5, 0.6) is 0 Å². The van der Waals surface area contributed by atoms with Crippen LogP contribution in [0.1, 0.15) is 108 Å². The second kappa shape index (κ2) is 10.3. The molecule has 0 spiro atoms. The topological polar surface area (TPSA) is 99.3 Å². The van der Waals surface area contributed by atoms with Gasteiger partial charge in [-0.15, -0.1) is 5.10 Å². The summed E-state index contributed by atoms with van der Waals surface area (Å²) < 4.78 is 142. The average molecular weight is 520 g/mol. The standard InChI is InChI=1S/C29H37N5O3/c1-5-22-14-20(15-23(6-2)31-22)11-12-29(21-9-7-8-10-21)17-25(35)24(27(36)37-29)16-26-32-28-30-18(3)13-19(4)34(28)33-26/h13-15,21,24H,5-12,16-17H2,1-4H3/t24?,29-/m1/s1/i1D3,2D3,5D2,6D2,11D2,12D2,14D,15D. The van der Waals surface area contributed by atoms with Gasteiger partial charge in [0.15, 0.2) is 11.6 Å². The van der Waals surface area contributed by atoms with Crippen LogP contribution in [-0.4, -0.2) is 41.9 Å². The smallest absolute Gasteiger partial charge is 0.317 e. The fraction of sp³-hybridized carbons (Fsp3) is 0.586. The van der Waals surface area contributed by atoms with Crippen molar-refractivity contribution in [3.05, 3.63) is 52.3 Å². The number of aromatic nitrogens is 5. The third-order valence-electron chi connectivity index (χ3n) is 6.80. The van der Waals surface area contributed by atoms with Crippen molar-refractivity contribution in [2.24, 2.45) is 11.8 Å². The average Bonchev–Trinajstić information content (AvgIpc) is 3.68. The molecule has 1 unspecified atom stereocenters. The van der Waals surface area contributed by atoms with E-state index >= 15 is 0 Å². The maximum absolute atomic E-state index is 14.0. The van der Waals surface area contributed by atoms with E-state index in [1.165, 1.54) is 4.52 Å². The molecule has 4 heterocycles. The molecule has 196 valence electrons. The molecule has 1 saturated heterocycles. The van der Waals surface area contributed by atoms with E-state index in [0.717, 1.165) is 0 Å². The fourth-order valence-corrected chi connectivity index (χ4v) is 5.05. The number of cyclic esters (lactones) is 1. The molecule has 0 aromatic carbocycles. The van der Waals surface area contributed by atoms with E-state index in [2.05, 4.69) is 20.1 Å². The third-order valence-corrected chi connectivity index (χ3v) is 6.80. The van der Waals surface area contributed by atoms with E-state index in [4.69, 9.17) is 21.2 Å². The lowest BCUT2D eigenvalue weighted by molar-refractivity contribution is -0.185. The zero-order valence-corrected chi connectivity index (χ0v) is 20.4. The second-order valence-corrected chi connectivity index (χ2v) is 9.40. The van der Waals surface area contributed by atoms with Crippen molar-refractivity contribution in [2.45, 2.75) is 97.2 Å². The summed E-state index contributed by atoms with van der Waals surface area (Å²) in [6.07, 6.45) is -14.6. The summed E-state index contributed by atoms with van der Waals surface area (Å²) in [6, 6.07) is -1.15. The molecule has 37 heavy (non-hydrogen) atoms. The molecule has 2 fully saturated rings. The first-order valence-electron chi connectivity index (χ1n) is 20.0. The van der Waals surface area contributed by atoms with Crippen LogP contribution in [0.15, 0.2) is 18.2 Å². The first kappa shape index (κ1) is 12.6. The van der Waals surface area contributed by atoms with Crippen molar-refractivity contribution in [1.82, 2.24) is 24.6 Å². The highest BCUT2D eigenvalue weighted by Gasteiger charge is 2.51. The Morgan fingerprint density at radius 2 is 1.86 bits per heavy atom. The highest BCUT2D eigenvalue weighted by molar-refractivity contribution is 6.01. The summed E-state index contributed by atoms with van der Waals surface area (Å²) in [6.45, 7) is -3.78. The monoisotopic (exact) mass is 519 g/mol. The Kier molecular flexibility index (Phi) is 3.51. The fourth-order valence-electron chi connectivity index (χ4n) is 5.05. The number of ketones is 1. The molecule has 1 saturated carbocycles. The molecule has 0 radical (unpaired) electrons. The normalized spacial score (nSPS) is 31.2. The Bertz CT molecular complexity index is 1900. The molecule has 5 rings (SSSR count). The van der Waals surface area contributed by atoms with Gasteiger partial charge >= 0.3 is 5.97 Å². The third kappa shape index (κ3) is 5.15. The lowest BCUT2D eigenvalue weighted by atomic mass is 9.73. The Hall–Kier alpha value is -3.16. The zero-order chi connectivity index (χ0) is 40.1. The molecular formula is C29H37N5O3. The van der Waals surface area contributed by atoms with Crippen LogP contribution >= 0.6 is 0 Å². The van der Waals surface area contributed by atoms with Crippen LogP contribution in [0, 0.1) is 25.7 Å². The van der Waals surface area contributed by atoms with E-state index in [0.29, 0.717) is 24.2 Å². The van der Waals surface area contributed by atoms with Gasteiger partial charge in [-0.2, -0.15) is 4.98 Å². The van der Waals surface area contributed by atoms with Crippen molar-refractivity contribution in [3.63, 3.8) is 0 Å². The molecule has 3 aromatic rings. The van der Waals surface area contributed by atoms with Gasteiger partial charge in [0.1, 0.15) is 11.5 Å². The predicted molar refractivity (Wildman–Crippen MR) is 139 cm³/mol. The number of carbonyl (C=O) groups excluding carboxylic acids is 2. The van der Waals surface area contributed by atoms with Crippen LogP contribution in [-0.2, 0) is 39.9 Å². The van der Waals surface area contributed by atoms with E-state index in [9.17, 15) is 15.1 Å². The number of ether oxygens (including phenoxy) is 1. The molecule has 0 N–H and O–H groups in total. The van der Waals surface area contributed by atoms with Crippen molar-refractivity contribution >= 4 is 17.5 Å². The highest BCUT2D eigenvalue weighted by atomic mass is 16.6. The molecule has 8 heteroatoms. The van der Waals surface area contributed by atoms with Crippen LogP contribution < -0.4 is 0 Å². The molecule has 2 atom stereocenters. The number of aryl methyl sites for hydroxylation is 4. The summed E-state index contributed by atoms with van der Waals surface area (Å²) in [5.41, 5.74) is -5.64. The molecule has 0 bridgehead atoms. The van der Waals surface area contributed by atoms with Gasteiger partial charge in [0.25, 0.3) is 5.78 Å². The SMILES string of the molecule is [2H]c1c(C([2H])([2H])C([2H])([2H])[2H])nc(C([2H])([2H])C([2H])([2H])[2H])c([2H])c1C([2H])([2H])C([2H])([2H])[C@]1(C2CCCC2)CC(=O)C(Cc2nc3nc(C)cc(C)n3n2)C(=O)O1. The van der Waals surface area contributed by atoms with Crippen LogP contribution in [0.25, 0.3) is 5.78 Å². The molecule has 1 aliphatic heterocycles. The Balaban J connectivity index is 1.67. The number of carbonyl (C=O) groups is 2. The number of pyridine rings is 1. The zero-order valence-electron chi connectivity index (χ0n) is 36.4. The maximum Gasteiger partial charge on any atom is 0.317 e. The number of Topliss-reactive ketones (excluding diaryl/α,β-unsaturated/α-hetero) is 1. The summed E-state index contributed by atoms with van der Waals surface area (Å²) in [5, 5.41) is 4.33. The van der Waals surface area contributed by atoms with Gasteiger partial charge in [0.05, 0.1) is 2.74 Å². The molecule has 0 amide bonds. The first-order valence-corrected chi connectivity index (χ1v) is 12.0. The van der Waals surface area contributed by atoms with Gasteiger partial charge in [0, 0.05) is 54.8 Å². The van der Waals surface area contributed by atoms with E-state index < -0.39 is 104 Å². The number of esters is 1. The predicted octanol–water partition coefficient (Wildman–Crippen LogP) is 4.50. The Morgan fingerprint density at radius 1 is 1.14 bits per heavy atom. The first-order chi connectivity index (χ1) is 24.0. The van der Waals surface area contributed by atoms with Gasteiger partial charge < -0.3 is 4.74 Å². The van der Waals surface area contributed by atoms with Gasteiger partial charge in [-0.05, 0) is 81.8 Å². The number of hydrogen-bond acceptors (Lipinski definition) is 7. The minimum absolute atomic E-state index is 0.0507. The van der Waals surface area contributed by atoms with Crippen molar-refractivity contribution in [1.29, 1.82) is 0 Å². The molecular weight excluding hydrogens is 466 g/mol. The van der Waals surface area contributed by atoms with Crippen LogP contribution in [0.4, 0.5) is 0 Å². The summed E-state index contributed by atoms with van der Waals surface area (Å²) >= 11 is 0. The summed E-state index contributed by atoms with van der Waals surface area (Å²) in [5.74, 6) is -4.35. The number of rotatable bonds is 8. The van der Waals surface area contributed by atoms with Crippen molar-refractivity contribution < 1.29 is 36.3 Å². The lowest BCUT2D eigenvalue weighted by Crippen LogP contribution is -2.52. The van der Waals surface area contributed by atoms with Gasteiger partial charge in [-0.25, -0.2) is 9.50 Å². The van der Waals surface area contributed by atoms with Crippen LogP contribution in [0.3, 0.4) is 0 Å². The highest BCUT2D eigenvalue weighted by Crippen LogP contribution is 2.45. The number of hydrogen-bond donors (Lipinski definition) is 0. The number of nitrogens with zero attached hydrogens (tertiary/aromatic N) is 5. The minimum Gasteiger partial charge on any atom is -0.458 e. The van der Waals surface area contributed by atoms with E-state index in [1.54, 1.807) is 19.9 Å². The summed E-state index contributed by atoms with van der Waals surface area (Å²) in [7, 11) is 0. The molecule has 1 aliphatic carbocycles. The molecule has 2 aliphatic rings. The largest absolute Gasteiger partial charge is 0.458 e. The Labute approximate surface area is 240 Å². The number of fused-ring (bicyclic) bond motifs is 1. The molecule has 3 aromatic heterocycles.